The number of hydrogen-bond acceptors (Lipinski definition) is 9. The number of rotatable bonds is 15. The Morgan fingerprint density at radius 3 is 2.23 bits per heavy atom. The molecule has 4 aromatic rings. The van der Waals surface area contributed by atoms with Crippen LogP contribution in [0.1, 0.15) is 74.4 Å². The number of carbonyl (C=O) groups excluding carboxylic acids is 4. The molecule has 5 N–H and O–H groups in total. The number of hydrogen-bond donors (Lipinski definition) is 5. The van der Waals surface area contributed by atoms with E-state index in [0.717, 1.165) is 53.6 Å². The third kappa shape index (κ3) is 12.4. The van der Waals surface area contributed by atoms with E-state index in [1.54, 1.807) is 24.3 Å². The topological polar surface area (TPSA) is 183 Å². The Labute approximate surface area is 328 Å². The van der Waals surface area contributed by atoms with E-state index < -0.39 is 17.7 Å². The van der Waals surface area contributed by atoms with Crippen LogP contribution in [0, 0.1) is 18.8 Å². The van der Waals surface area contributed by atoms with Crippen molar-refractivity contribution in [1.82, 2.24) is 41.5 Å². The highest BCUT2D eigenvalue weighted by Gasteiger charge is 2.30. The van der Waals surface area contributed by atoms with Crippen LogP contribution in [0.3, 0.4) is 0 Å². The summed E-state index contributed by atoms with van der Waals surface area (Å²) in [5.74, 6) is -0.150. The summed E-state index contributed by atoms with van der Waals surface area (Å²) in [5.41, 5.74) is 5.19. The van der Waals surface area contributed by atoms with E-state index in [2.05, 4.69) is 46.8 Å². The maximum atomic E-state index is 13.8. The zero-order valence-corrected chi connectivity index (χ0v) is 33.3. The Hall–Kier alpha value is -5.63. The maximum absolute atomic E-state index is 13.8. The normalized spacial score (nSPS) is 16.1. The molecule has 0 spiro atoms. The largest absolute Gasteiger partial charge is 0.444 e. The summed E-state index contributed by atoms with van der Waals surface area (Å²) in [6.45, 7) is 9.48. The van der Waals surface area contributed by atoms with Crippen molar-refractivity contribution in [2.24, 2.45) is 11.8 Å². The standard InChI is InChI=1S/C42H55N9O5/c1-27-24-33(38(52)43-22-7-23-51(5)6)18-21-35(27)30-12-8-28(9-13-30)25-36(40(54)45-34-19-16-31(17-20-34)37-47-49-50-48-37)46-39(53)32-14-10-29(11-15-32)26-44-41(55)56-42(2,3)4/h8-9,12-13,16-21,24,29,32,36H,7,10-11,14-15,22-23,25-26H2,1-6H3,(H,43,52)(H,44,55)(H,45,54)(H,46,53)(H,47,48,49,50)/t29?,32?,36-/m0/s1. The minimum Gasteiger partial charge on any atom is -0.444 e. The van der Waals surface area contributed by atoms with Crippen molar-refractivity contribution < 1.29 is 23.9 Å². The lowest BCUT2D eigenvalue weighted by atomic mass is 9.81. The molecule has 1 fully saturated rings. The SMILES string of the molecule is Cc1cc(C(=O)NCCCN(C)C)ccc1-c1ccc(C[C@H](NC(=O)C2CCC(CNC(=O)OC(C)(C)C)CC2)C(=O)Nc2ccc(-c3nn[nH]n3)cc2)cc1. The van der Waals surface area contributed by atoms with Gasteiger partial charge in [-0.05, 0) is 150 Å². The highest BCUT2D eigenvalue weighted by molar-refractivity contribution is 5.98. The highest BCUT2D eigenvalue weighted by atomic mass is 16.6. The second kappa shape index (κ2) is 19.3. The number of aromatic amines is 1. The summed E-state index contributed by atoms with van der Waals surface area (Å²) in [7, 11) is 4.02. The number of H-pyrrole nitrogens is 1. The first-order valence-electron chi connectivity index (χ1n) is 19.3. The van der Waals surface area contributed by atoms with Gasteiger partial charge in [0.2, 0.25) is 17.6 Å². The van der Waals surface area contributed by atoms with Crippen LogP contribution in [-0.2, 0) is 20.7 Å². The van der Waals surface area contributed by atoms with E-state index in [1.165, 1.54) is 0 Å². The fraction of sp³-hybridized carbons (Fsp3) is 0.452. The second-order valence-electron chi connectivity index (χ2n) is 15.8. The molecule has 1 aromatic heterocycles. The number of amides is 4. The first-order valence-corrected chi connectivity index (χ1v) is 19.3. The Morgan fingerprint density at radius 1 is 0.911 bits per heavy atom. The van der Waals surface area contributed by atoms with Crippen molar-refractivity contribution in [3.05, 3.63) is 83.4 Å². The van der Waals surface area contributed by atoms with E-state index in [4.69, 9.17) is 4.74 Å². The molecule has 1 saturated carbocycles. The molecule has 56 heavy (non-hydrogen) atoms. The molecule has 4 amide bonds. The number of nitrogens with zero attached hydrogens (tertiary/aromatic N) is 4. The summed E-state index contributed by atoms with van der Waals surface area (Å²) < 4.78 is 5.36. The molecule has 1 atom stereocenters. The molecule has 5 rings (SSSR count). The molecule has 0 aliphatic heterocycles. The smallest absolute Gasteiger partial charge is 0.407 e. The van der Waals surface area contributed by atoms with Gasteiger partial charge in [-0.1, -0.05) is 30.3 Å². The number of aromatic nitrogens is 4. The maximum Gasteiger partial charge on any atom is 0.407 e. The van der Waals surface area contributed by atoms with Crippen molar-refractivity contribution in [3.8, 4) is 22.5 Å². The molecule has 14 heteroatoms. The van der Waals surface area contributed by atoms with Gasteiger partial charge in [0.1, 0.15) is 11.6 Å². The van der Waals surface area contributed by atoms with Gasteiger partial charge in [0, 0.05) is 42.2 Å². The summed E-state index contributed by atoms with van der Waals surface area (Å²) >= 11 is 0. The Bertz CT molecular complexity index is 1920. The van der Waals surface area contributed by atoms with Crippen LogP contribution in [0.2, 0.25) is 0 Å². The van der Waals surface area contributed by atoms with Gasteiger partial charge in [-0.25, -0.2) is 4.79 Å². The van der Waals surface area contributed by atoms with Gasteiger partial charge >= 0.3 is 6.09 Å². The van der Waals surface area contributed by atoms with Crippen LogP contribution >= 0.6 is 0 Å². The van der Waals surface area contributed by atoms with Crippen LogP contribution in [0.15, 0.2) is 66.7 Å². The zero-order valence-electron chi connectivity index (χ0n) is 33.3. The quantitative estimate of drug-likeness (QED) is 0.0973. The lowest BCUT2D eigenvalue weighted by molar-refractivity contribution is -0.130. The van der Waals surface area contributed by atoms with Crippen LogP contribution in [-0.4, -0.2) is 94.7 Å². The van der Waals surface area contributed by atoms with E-state index in [1.807, 2.05) is 84.3 Å². The fourth-order valence-corrected chi connectivity index (χ4v) is 6.77. The Balaban J connectivity index is 1.23. The van der Waals surface area contributed by atoms with Crippen LogP contribution < -0.4 is 21.3 Å². The third-order valence-corrected chi connectivity index (χ3v) is 9.80. The molecule has 0 saturated heterocycles. The summed E-state index contributed by atoms with van der Waals surface area (Å²) in [5, 5.41) is 25.9. The minimum absolute atomic E-state index is 0.0914. The van der Waals surface area contributed by atoms with Gasteiger partial charge in [0.25, 0.3) is 5.91 Å². The molecule has 14 nitrogen and oxygen atoms in total. The number of alkyl carbamates (subject to hydrolysis) is 1. The second-order valence-corrected chi connectivity index (χ2v) is 15.8. The van der Waals surface area contributed by atoms with E-state index in [9.17, 15) is 19.2 Å². The van der Waals surface area contributed by atoms with Crippen molar-refractivity contribution in [2.75, 3.05) is 39.0 Å². The predicted molar refractivity (Wildman–Crippen MR) is 216 cm³/mol. The monoisotopic (exact) mass is 765 g/mol. The fourth-order valence-electron chi connectivity index (χ4n) is 6.77. The van der Waals surface area contributed by atoms with Crippen molar-refractivity contribution >= 4 is 29.5 Å². The first kappa shape index (κ1) is 41.5. The number of aryl methyl sites for hydroxylation is 1. The number of anilines is 1. The van der Waals surface area contributed by atoms with Gasteiger partial charge in [0.15, 0.2) is 0 Å². The molecule has 298 valence electrons. The lowest BCUT2D eigenvalue weighted by Crippen LogP contribution is -2.48. The third-order valence-electron chi connectivity index (χ3n) is 9.80. The molecule has 0 bridgehead atoms. The van der Waals surface area contributed by atoms with Crippen molar-refractivity contribution in [2.45, 2.75) is 77.9 Å². The number of carbonyl (C=O) groups is 4. The molecule has 0 unspecified atom stereocenters. The molecule has 1 heterocycles. The molecular formula is C42H55N9O5. The van der Waals surface area contributed by atoms with Gasteiger partial charge in [-0.3, -0.25) is 14.4 Å². The Morgan fingerprint density at radius 2 is 1.61 bits per heavy atom. The van der Waals surface area contributed by atoms with Crippen LogP contribution in [0.5, 0.6) is 0 Å². The summed E-state index contributed by atoms with van der Waals surface area (Å²) in [6, 6.07) is 19.9. The molecule has 1 aliphatic rings. The summed E-state index contributed by atoms with van der Waals surface area (Å²) in [4.78, 5) is 54.5. The van der Waals surface area contributed by atoms with Crippen molar-refractivity contribution in [3.63, 3.8) is 0 Å². The minimum atomic E-state index is -0.839. The van der Waals surface area contributed by atoms with Gasteiger partial charge in [0.05, 0.1) is 0 Å². The first-order chi connectivity index (χ1) is 26.7. The van der Waals surface area contributed by atoms with Crippen LogP contribution in [0.25, 0.3) is 22.5 Å². The van der Waals surface area contributed by atoms with Crippen LogP contribution in [0.4, 0.5) is 10.5 Å². The van der Waals surface area contributed by atoms with Gasteiger partial charge in [-0.15, -0.1) is 10.2 Å². The average Bonchev–Trinajstić information content (AvgIpc) is 3.71. The summed E-state index contributed by atoms with van der Waals surface area (Å²) in [6.07, 6.45) is 3.58. The molecular weight excluding hydrogens is 711 g/mol. The Kier molecular flexibility index (Phi) is 14.3. The number of nitrogens with one attached hydrogen (secondary N) is 5. The molecule has 0 radical (unpaired) electrons. The molecule has 1 aliphatic carbocycles. The highest BCUT2D eigenvalue weighted by Crippen LogP contribution is 2.29. The van der Waals surface area contributed by atoms with E-state index >= 15 is 0 Å². The van der Waals surface area contributed by atoms with Gasteiger partial charge < -0.3 is 30.9 Å². The van der Waals surface area contributed by atoms with E-state index in [0.29, 0.717) is 43.0 Å². The van der Waals surface area contributed by atoms with E-state index in [-0.39, 0.29) is 36.0 Å². The zero-order chi connectivity index (χ0) is 40.2. The number of tetrazole rings is 1. The van der Waals surface area contributed by atoms with Crippen molar-refractivity contribution in [1.29, 1.82) is 0 Å². The number of benzene rings is 3. The molecule has 3 aromatic carbocycles. The number of ether oxygens (including phenoxy) is 1. The average molecular weight is 766 g/mol. The van der Waals surface area contributed by atoms with Gasteiger partial charge in [-0.2, -0.15) is 5.21 Å². The predicted octanol–water partition coefficient (Wildman–Crippen LogP) is 5.52. The lowest BCUT2D eigenvalue weighted by Gasteiger charge is -2.29.